The normalized spacial score (nSPS) is 8.98. The van der Waals surface area contributed by atoms with E-state index in [9.17, 15) is 0 Å². The van der Waals surface area contributed by atoms with Gasteiger partial charge in [-0.05, 0) is 0 Å². The minimum Gasteiger partial charge on any atom is -0.870 e. The van der Waals surface area contributed by atoms with E-state index in [0.717, 1.165) is 0 Å². The molecule has 0 fully saturated rings. The van der Waals surface area contributed by atoms with E-state index < -0.39 is 54.8 Å². The maximum absolute atomic E-state index is 8.88. The van der Waals surface area contributed by atoms with E-state index in [1.165, 1.54) is 0 Å². The van der Waals surface area contributed by atoms with E-state index in [1.807, 2.05) is 0 Å². The predicted octanol–water partition coefficient (Wildman–Crippen LogP) is -17.7. The number of rotatable bonds is 0. The van der Waals surface area contributed by atoms with Crippen molar-refractivity contribution < 1.29 is 208 Å². The van der Waals surface area contributed by atoms with Crippen LogP contribution in [-0.2, 0) is 32.0 Å². The van der Waals surface area contributed by atoms with Gasteiger partial charge in [-0.15, -0.1) is 0 Å². The molecule has 0 aliphatic rings. The molecule has 33 N–H and O–H groups in total. The van der Waals surface area contributed by atoms with Crippen LogP contribution in [0.5, 0.6) is 0 Å². The van der Waals surface area contributed by atoms with Gasteiger partial charge in [0.2, 0.25) is 0 Å². The van der Waals surface area contributed by atoms with Crippen LogP contribution in [0.25, 0.3) is 0 Å². The van der Waals surface area contributed by atoms with Crippen molar-refractivity contribution in [2.24, 2.45) is 0 Å². The van der Waals surface area contributed by atoms with Gasteiger partial charge in [0.1, 0.15) is 0 Å². The van der Waals surface area contributed by atoms with Crippen molar-refractivity contribution >= 4 is 82.0 Å². The first-order valence-corrected chi connectivity index (χ1v) is 16.3. The maximum Gasteiger partial charge on any atom is 3.00 e. The summed E-state index contributed by atoms with van der Waals surface area (Å²) in [5, 5.41) is 0. The van der Waals surface area contributed by atoms with E-state index in [2.05, 4.69) is 0 Å². The molecular formula is H36AlNaO36P8. The monoisotopic (exact) mass is 910 g/mol. The van der Waals surface area contributed by atoms with Crippen LogP contribution in [0.2, 0.25) is 0 Å². The Balaban J connectivity index is -0.0000000120. The zero-order chi connectivity index (χ0) is 31.5. The molecule has 0 amide bonds. The Morgan fingerprint density at radius 1 is 0.304 bits per heavy atom. The molecule has 0 rings (SSSR count). The van der Waals surface area contributed by atoms with Crippen LogP contribution in [0.1, 0.15) is 0 Å². The second-order valence-electron chi connectivity index (χ2n) is 3.52. The average Bonchev–Trinajstić information content (AvgIpc) is 2.06. The zero-order valence-electron chi connectivity index (χ0n) is 21.5. The molecule has 0 aliphatic heterocycles. The Morgan fingerprint density at radius 2 is 0.304 bits per heavy atom. The molecular weight excluding hydrogens is 874 g/mol. The summed E-state index contributed by atoms with van der Waals surface area (Å²) < 4.78 is 61.8. The molecule has 0 spiro atoms. The van der Waals surface area contributed by atoms with Crippen molar-refractivity contribution in [1.82, 2.24) is 0 Å². The summed E-state index contributed by atoms with van der Waals surface area (Å²) in [4.78, 5) is 155. The Labute approximate surface area is 289 Å². The maximum atomic E-state index is 8.88. The number of hydrogen-bond acceptors (Lipinski definition) is 11. The summed E-state index contributed by atoms with van der Waals surface area (Å²) >= 11 is 0. The van der Waals surface area contributed by atoms with Crippen LogP contribution < -0.4 is 44.2 Å². The van der Waals surface area contributed by atoms with Crippen molar-refractivity contribution in [1.29, 1.82) is 0 Å². The van der Waals surface area contributed by atoms with Gasteiger partial charge in [-0.25, -0.2) is 18.3 Å². The summed E-state index contributed by atoms with van der Waals surface area (Å²) in [6.07, 6.45) is 0. The molecule has 0 saturated heterocycles. The molecule has 0 aromatic rings. The third-order valence-electron chi connectivity index (χ3n) is 0. The molecule has 1 atom stereocenters. The van der Waals surface area contributed by atoms with Crippen LogP contribution in [-0.4, -0.2) is 149 Å². The minimum absolute atomic E-state index is 0. The van der Waals surface area contributed by atoms with Gasteiger partial charge in [-0.3, -0.25) is 13.7 Å². The van der Waals surface area contributed by atoms with Crippen molar-refractivity contribution in [3.8, 4) is 0 Å². The van der Waals surface area contributed by atoms with Gasteiger partial charge in [0.05, 0.1) is 0 Å². The van der Waals surface area contributed by atoms with Crippen molar-refractivity contribution in [2.45, 2.75) is 0 Å². The smallest absolute Gasteiger partial charge is 0.870 e. The zero-order valence-corrected chi connectivity index (χ0v) is 32.3. The van der Waals surface area contributed by atoms with Crippen molar-refractivity contribution in [3.05, 3.63) is 0 Å². The van der Waals surface area contributed by atoms with Crippen LogP contribution in [0, 0.1) is 0 Å². The average molecular weight is 910 g/mol. The third kappa shape index (κ3) is 16400. The van der Waals surface area contributed by atoms with E-state index in [-0.39, 0.29) is 101 Å². The van der Waals surface area contributed by atoms with Crippen LogP contribution in [0.3, 0.4) is 0 Å². The SMILES string of the molecule is O.O.O.O.O.O.O.O=P(O)(O)O.O=P(O)(O)O.O=P(O)(O)O.O=P(O)(O)O.O=P([O-])(O)O.O=P([O-])(O)O.O=P([O-])(O)O.P.[Al+3].[Na+].[OH-]. The molecule has 0 bridgehead atoms. The van der Waals surface area contributed by atoms with Gasteiger partial charge in [0.15, 0.2) is 0 Å². The standard InChI is InChI=1S/Al.Na.7H3O4P.8H2O.H3P/c;;7*1-5(2,3)4;;;;;;;;;/h;;7*(H3,1,2,3,4);8*1H2;1H3/q+3;+1;;;;;;;;;;;;;;;;/p-4. The summed E-state index contributed by atoms with van der Waals surface area (Å²) in [5.74, 6) is 0. The molecule has 0 saturated carbocycles. The molecule has 0 aliphatic carbocycles. The van der Waals surface area contributed by atoms with Gasteiger partial charge in [0.25, 0.3) is 23.5 Å². The summed E-state index contributed by atoms with van der Waals surface area (Å²) in [5.41, 5.74) is 0. The fraction of sp³-hybridized carbons (Fsp3) is 0. The minimum atomic E-state index is -4.89. The molecule has 46 heavy (non-hydrogen) atoms. The van der Waals surface area contributed by atoms with Gasteiger partial charge in [-0.1, -0.05) is 0 Å². The molecule has 296 valence electrons. The first-order valence-electron chi connectivity index (χ1n) is 5.43. The largest absolute Gasteiger partial charge is 3.00 e. The van der Waals surface area contributed by atoms with E-state index in [1.54, 1.807) is 0 Å². The number of hydrogen-bond donors (Lipinski definition) is 18. The third-order valence-corrected chi connectivity index (χ3v) is 0. The fourth-order valence-electron chi connectivity index (χ4n) is 0. The molecule has 0 heterocycles. The summed E-state index contributed by atoms with van der Waals surface area (Å²) in [7, 11) is -33.2. The van der Waals surface area contributed by atoms with Crippen molar-refractivity contribution in [3.63, 3.8) is 0 Å². The molecule has 0 aromatic heterocycles. The first kappa shape index (κ1) is 118. The van der Waals surface area contributed by atoms with Crippen LogP contribution in [0.15, 0.2) is 0 Å². The molecule has 0 aromatic carbocycles. The Hall–Kier alpha value is 2.41. The van der Waals surface area contributed by atoms with E-state index in [0.29, 0.717) is 0 Å². The van der Waals surface area contributed by atoms with E-state index in [4.69, 9.17) is 135 Å². The molecule has 1 unspecified atom stereocenters. The number of phosphoric acid groups is 7. The first-order chi connectivity index (χ1) is 14.0. The van der Waals surface area contributed by atoms with Gasteiger partial charge < -0.3 is 147 Å². The van der Waals surface area contributed by atoms with Crippen LogP contribution in [0.4, 0.5) is 0 Å². The molecule has 0 radical (unpaired) electrons. The summed E-state index contributed by atoms with van der Waals surface area (Å²) in [6, 6.07) is 0. The topological polar surface area (TPSA) is 803 Å². The Morgan fingerprint density at radius 3 is 0.304 bits per heavy atom. The van der Waals surface area contributed by atoms with E-state index >= 15 is 0 Å². The Kier molecular flexibility index (Phi) is 132. The quantitative estimate of drug-likeness (QED) is 0.0792. The van der Waals surface area contributed by atoms with Crippen LogP contribution >= 0.6 is 64.7 Å². The van der Waals surface area contributed by atoms with Gasteiger partial charge >= 0.3 is 78.2 Å². The Bertz CT molecular complexity index is 564. The second kappa shape index (κ2) is 51.8. The van der Waals surface area contributed by atoms with Gasteiger partial charge in [-0.2, -0.15) is 9.90 Å². The van der Waals surface area contributed by atoms with Gasteiger partial charge in [0, 0.05) is 0 Å². The predicted molar refractivity (Wildman–Crippen MR) is 137 cm³/mol. The summed E-state index contributed by atoms with van der Waals surface area (Å²) in [6.45, 7) is 0. The second-order valence-corrected chi connectivity index (χ2v) is 10.6. The fourth-order valence-corrected chi connectivity index (χ4v) is 0. The van der Waals surface area contributed by atoms with Crippen molar-refractivity contribution in [2.75, 3.05) is 0 Å². The molecule has 36 nitrogen and oxygen atoms in total. The molecule has 46 heteroatoms.